The third-order valence-corrected chi connectivity index (χ3v) is 5.49. The summed E-state index contributed by atoms with van der Waals surface area (Å²) in [6, 6.07) is 6.09. The maximum atomic E-state index is 13.0. The molecule has 0 bridgehead atoms. The van der Waals surface area contributed by atoms with Crippen LogP contribution in [0.25, 0.3) is 0 Å². The Labute approximate surface area is 199 Å². The van der Waals surface area contributed by atoms with E-state index in [4.69, 9.17) is 10.5 Å². The van der Waals surface area contributed by atoms with Crippen molar-refractivity contribution in [1.82, 2.24) is 15.5 Å². The first-order valence-electron chi connectivity index (χ1n) is 11.6. The number of amides is 5. The van der Waals surface area contributed by atoms with Gasteiger partial charge in [-0.05, 0) is 30.7 Å². The molecule has 1 aliphatic heterocycles. The summed E-state index contributed by atoms with van der Waals surface area (Å²) in [5, 5.41) is 5.24. The van der Waals surface area contributed by atoms with Crippen molar-refractivity contribution in [1.29, 1.82) is 0 Å². The minimum absolute atomic E-state index is 0.0152. The number of rotatable bonds is 11. The van der Waals surface area contributed by atoms with Crippen LogP contribution in [0, 0.1) is 5.92 Å². The first kappa shape index (κ1) is 26.8. The molecule has 1 aromatic rings. The highest BCUT2D eigenvalue weighted by molar-refractivity contribution is 6.01. The number of nitrogens with one attached hydrogen (secondary N) is 2. The Morgan fingerprint density at radius 2 is 1.79 bits per heavy atom. The van der Waals surface area contributed by atoms with Crippen molar-refractivity contribution in [2.24, 2.45) is 11.7 Å². The summed E-state index contributed by atoms with van der Waals surface area (Å²) in [6.07, 6.45) is 0.490. The van der Waals surface area contributed by atoms with Crippen molar-refractivity contribution in [3.63, 3.8) is 0 Å². The Kier molecular flexibility index (Phi) is 10.0. The number of hydrogen-bond acceptors (Lipinski definition) is 6. The van der Waals surface area contributed by atoms with Gasteiger partial charge in [0.2, 0.25) is 23.6 Å². The second-order valence-electron chi connectivity index (χ2n) is 8.80. The average molecular weight is 475 g/mol. The van der Waals surface area contributed by atoms with E-state index in [1.165, 1.54) is 0 Å². The van der Waals surface area contributed by atoms with Gasteiger partial charge in [-0.3, -0.25) is 19.2 Å². The Morgan fingerprint density at radius 3 is 2.38 bits per heavy atom. The number of hydrogen-bond donors (Lipinski definition) is 3. The van der Waals surface area contributed by atoms with E-state index in [1.54, 1.807) is 24.3 Å². The molecule has 34 heavy (non-hydrogen) atoms. The molecule has 1 aliphatic rings. The Balaban J connectivity index is 2.05. The van der Waals surface area contributed by atoms with E-state index in [0.717, 1.165) is 10.5 Å². The lowest BCUT2D eigenvalue weighted by atomic mass is 10.0. The average Bonchev–Trinajstić information content (AvgIpc) is 3.18. The molecule has 1 saturated heterocycles. The van der Waals surface area contributed by atoms with Crippen LogP contribution < -0.4 is 16.4 Å². The quantitative estimate of drug-likeness (QED) is 0.444. The molecule has 1 fully saturated rings. The molecule has 10 heteroatoms. The molecule has 0 radical (unpaired) electrons. The van der Waals surface area contributed by atoms with Gasteiger partial charge in [-0.15, -0.1) is 0 Å². The number of carbonyl (C=O) groups excluding carboxylic acids is 5. The predicted octanol–water partition coefficient (Wildman–Crippen LogP) is 1.62. The number of likely N-dealkylation sites (tertiary alicyclic amines) is 1. The van der Waals surface area contributed by atoms with E-state index in [1.807, 2.05) is 26.8 Å². The molecule has 1 heterocycles. The molecule has 10 nitrogen and oxygen atoms in total. The van der Waals surface area contributed by atoms with Crippen LogP contribution in [0.3, 0.4) is 0 Å². The second-order valence-corrected chi connectivity index (χ2v) is 8.80. The van der Waals surface area contributed by atoms with Gasteiger partial charge in [-0.25, -0.2) is 9.69 Å². The summed E-state index contributed by atoms with van der Waals surface area (Å²) < 4.78 is 5.23. The maximum Gasteiger partial charge on any atom is 0.417 e. The Hall–Kier alpha value is -3.43. The lowest BCUT2D eigenvalue weighted by molar-refractivity contribution is -0.136. The standard InChI is InChI=1S/C24H34N4O6/c1-4-8-17(22(31)27-18(21(25)30)13-15(2)3)26-23(32)19-11-12-20(29)28(19)24(33)34-14-16-9-6-5-7-10-16/h5-7,9-10,15,17-19H,4,8,11-14H2,1-3H3,(H2,25,30)(H,26,32)(H,27,31)/t17-,18-,19-/m0/s1. The SMILES string of the molecule is CCC[C@H](NC(=O)[C@@H]1CCC(=O)N1C(=O)OCc1ccccc1)C(=O)N[C@@H](CC(C)C)C(N)=O. The van der Waals surface area contributed by atoms with Crippen LogP contribution in [-0.2, 0) is 30.5 Å². The van der Waals surface area contributed by atoms with E-state index in [0.29, 0.717) is 19.3 Å². The first-order chi connectivity index (χ1) is 16.1. The number of nitrogens with two attached hydrogens (primary N) is 1. The van der Waals surface area contributed by atoms with Gasteiger partial charge in [0.05, 0.1) is 0 Å². The van der Waals surface area contributed by atoms with E-state index < -0.39 is 47.8 Å². The zero-order valence-electron chi connectivity index (χ0n) is 19.9. The largest absolute Gasteiger partial charge is 0.444 e. The zero-order valence-corrected chi connectivity index (χ0v) is 19.9. The number of nitrogens with zero attached hydrogens (tertiary/aromatic N) is 1. The van der Waals surface area contributed by atoms with E-state index in [-0.39, 0.29) is 25.4 Å². The molecule has 5 amide bonds. The van der Waals surface area contributed by atoms with Gasteiger partial charge in [0.15, 0.2) is 0 Å². The zero-order chi connectivity index (χ0) is 25.3. The number of imide groups is 1. The monoisotopic (exact) mass is 474 g/mol. The number of carbonyl (C=O) groups is 5. The Morgan fingerprint density at radius 1 is 1.12 bits per heavy atom. The topological polar surface area (TPSA) is 148 Å². The van der Waals surface area contributed by atoms with Gasteiger partial charge < -0.3 is 21.1 Å². The van der Waals surface area contributed by atoms with Gasteiger partial charge in [0.25, 0.3) is 0 Å². The summed E-state index contributed by atoms with van der Waals surface area (Å²) in [5.41, 5.74) is 6.15. The maximum absolute atomic E-state index is 13.0. The molecule has 0 aliphatic carbocycles. The van der Waals surface area contributed by atoms with Gasteiger partial charge in [0.1, 0.15) is 24.7 Å². The fourth-order valence-corrected chi connectivity index (χ4v) is 3.77. The smallest absolute Gasteiger partial charge is 0.417 e. The third-order valence-electron chi connectivity index (χ3n) is 5.49. The van der Waals surface area contributed by atoms with Crippen molar-refractivity contribution in [3.8, 4) is 0 Å². The normalized spacial score (nSPS) is 17.2. The summed E-state index contributed by atoms with van der Waals surface area (Å²) in [4.78, 5) is 63.2. The van der Waals surface area contributed by atoms with E-state index in [9.17, 15) is 24.0 Å². The van der Waals surface area contributed by atoms with Crippen molar-refractivity contribution < 1.29 is 28.7 Å². The molecule has 0 aromatic heterocycles. The number of benzene rings is 1. The van der Waals surface area contributed by atoms with Crippen LogP contribution in [0.1, 0.15) is 58.4 Å². The molecule has 186 valence electrons. The molecule has 4 N–H and O–H groups in total. The van der Waals surface area contributed by atoms with Crippen molar-refractivity contribution in [3.05, 3.63) is 35.9 Å². The number of ether oxygens (including phenoxy) is 1. The molecule has 0 unspecified atom stereocenters. The molecular weight excluding hydrogens is 440 g/mol. The van der Waals surface area contributed by atoms with Crippen molar-refractivity contribution in [2.45, 2.75) is 77.6 Å². The fraction of sp³-hybridized carbons (Fsp3) is 0.542. The molecule has 1 aromatic carbocycles. The third kappa shape index (κ3) is 7.57. The summed E-state index contributed by atoms with van der Waals surface area (Å²) in [5.74, 6) is -2.22. The minimum atomic E-state index is -1.08. The highest BCUT2D eigenvalue weighted by Gasteiger charge is 2.42. The number of primary amides is 1. The summed E-state index contributed by atoms with van der Waals surface area (Å²) >= 11 is 0. The highest BCUT2D eigenvalue weighted by Crippen LogP contribution is 2.21. The highest BCUT2D eigenvalue weighted by atomic mass is 16.6. The van der Waals surface area contributed by atoms with Crippen LogP contribution >= 0.6 is 0 Å². The van der Waals surface area contributed by atoms with Crippen LogP contribution in [0.5, 0.6) is 0 Å². The molecule has 0 saturated carbocycles. The lowest BCUT2D eigenvalue weighted by Crippen LogP contribution is -2.56. The van der Waals surface area contributed by atoms with E-state index >= 15 is 0 Å². The molecule has 3 atom stereocenters. The minimum Gasteiger partial charge on any atom is -0.444 e. The van der Waals surface area contributed by atoms with Crippen molar-refractivity contribution in [2.75, 3.05) is 0 Å². The van der Waals surface area contributed by atoms with Gasteiger partial charge in [-0.2, -0.15) is 0 Å². The fourth-order valence-electron chi connectivity index (χ4n) is 3.77. The van der Waals surface area contributed by atoms with E-state index in [2.05, 4.69) is 10.6 Å². The van der Waals surface area contributed by atoms with Gasteiger partial charge in [-0.1, -0.05) is 57.5 Å². The molecule has 2 rings (SSSR count). The van der Waals surface area contributed by atoms with Crippen LogP contribution in [0.2, 0.25) is 0 Å². The summed E-state index contributed by atoms with van der Waals surface area (Å²) in [6.45, 7) is 5.60. The van der Waals surface area contributed by atoms with Gasteiger partial charge in [0, 0.05) is 6.42 Å². The molecular formula is C24H34N4O6. The lowest BCUT2D eigenvalue weighted by Gasteiger charge is -2.26. The van der Waals surface area contributed by atoms with Gasteiger partial charge >= 0.3 is 6.09 Å². The summed E-state index contributed by atoms with van der Waals surface area (Å²) in [7, 11) is 0. The second kappa shape index (κ2) is 12.7. The van der Waals surface area contributed by atoms with Crippen LogP contribution in [-0.4, -0.2) is 52.7 Å². The predicted molar refractivity (Wildman–Crippen MR) is 124 cm³/mol. The molecule has 0 spiro atoms. The first-order valence-corrected chi connectivity index (χ1v) is 11.6. The van der Waals surface area contributed by atoms with Crippen molar-refractivity contribution >= 4 is 29.7 Å². The Bertz CT molecular complexity index is 889. The van der Waals surface area contributed by atoms with Crippen LogP contribution in [0.4, 0.5) is 4.79 Å². The van der Waals surface area contributed by atoms with Crippen LogP contribution in [0.15, 0.2) is 30.3 Å².